The quantitative estimate of drug-likeness (QED) is 0.840. The first-order chi connectivity index (χ1) is 10.9. The van der Waals surface area contributed by atoms with Crippen molar-refractivity contribution < 1.29 is 17.6 Å². The van der Waals surface area contributed by atoms with Gasteiger partial charge in [-0.15, -0.1) is 0 Å². The van der Waals surface area contributed by atoms with E-state index >= 15 is 0 Å². The Labute approximate surface area is 130 Å². The Morgan fingerprint density at radius 2 is 1.96 bits per heavy atom. The Morgan fingerprint density at radius 3 is 2.57 bits per heavy atom. The number of hydrogen-bond donors (Lipinski definition) is 1. The number of aromatic nitrogens is 2. The Balaban J connectivity index is 1.91. The van der Waals surface area contributed by atoms with E-state index in [-0.39, 0.29) is 16.9 Å². The Hall–Kier alpha value is -2.18. The van der Waals surface area contributed by atoms with Crippen LogP contribution >= 0.6 is 0 Å². The molecule has 0 aliphatic heterocycles. The van der Waals surface area contributed by atoms with Crippen LogP contribution in [0.25, 0.3) is 11.3 Å². The molecule has 7 heteroatoms. The highest BCUT2D eigenvalue weighted by atomic mass is 19.4. The average Bonchev–Trinajstić information content (AvgIpc) is 2.45. The zero-order valence-corrected chi connectivity index (χ0v) is 12.2. The molecule has 1 aliphatic rings. The number of nitrogens with one attached hydrogen (secondary N) is 1. The summed E-state index contributed by atoms with van der Waals surface area (Å²) in [6, 6.07) is 3.89. The molecule has 0 amide bonds. The molecule has 2 heterocycles. The van der Waals surface area contributed by atoms with E-state index in [9.17, 15) is 17.6 Å². The van der Waals surface area contributed by atoms with Gasteiger partial charge in [-0.1, -0.05) is 6.42 Å². The number of hydrogen-bond acceptors (Lipinski definition) is 3. The smallest absolute Gasteiger partial charge is 0.383 e. The van der Waals surface area contributed by atoms with Gasteiger partial charge in [-0.3, -0.25) is 4.98 Å². The molecule has 2 aromatic rings. The summed E-state index contributed by atoms with van der Waals surface area (Å²) in [6.07, 6.45) is 0.889. The van der Waals surface area contributed by atoms with Crippen molar-refractivity contribution in [1.29, 1.82) is 0 Å². The Morgan fingerprint density at radius 1 is 1.17 bits per heavy atom. The molecule has 1 N–H and O–H groups in total. The maximum Gasteiger partial charge on any atom is 0.435 e. The largest absolute Gasteiger partial charge is 0.435 e. The second-order valence-corrected chi connectivity index (χ2v) is 5.66. The minimum absolute atomic E-state index is 0.0403. The molecule has 1 fully saturated rings. The molecule has 0 unspecified atom stereocenters. The number of pyridine rings is 2. The van der Waals surface area contributed by atoms with Crippen LogP contribution in [0.5, 0.6) is 0 Å². The van der Waals surface area contributed by atoms with Crippen molar-refractivity contribution in [3.63, 3.8) is 0 Å². The highest BCUT2D eigenvalue weighted by molar-refractivity contribution is 5.62. The Bertz CT molecular complexity index is 696. The minimum Gasteiger partial charge on any atom is -0.383 e. The summed E-state index contributed by atoms with van der Waals surface area (Å²) in [5.74, 6) is -0.201. The molecule has 0 aromatic carbocycles. The van der Waals surface area contributed by atoms with Crippen molar-refractivity contribution in [2.24, 2.45) is 5.92 Å². The number of rotatable bonds is 4. The van der Waals surface area contributed by atoms with Crippen molar-refractivity contribution in [2.75, 3.05) is 11.9 Å². The van der Waals surface area contributed by atoms with E-state index in [0.29, 0.717) is 12.5 Å². The highest BCUT2D eigenvalue weighted by Crippen LogP contribution is 2.36. The lowest BCUT2D eigenvalue weighted by atomic mass is 9.85. The van der Waals surface area contributed by atoms with Crippen molar-refractivity contribution in [2.45, 2.75) is 25.4 Å². The molecule has 122 valence electrons. The van der Waals surface area contributed by atoms with Gasteiger partial charge in [-0.25, -0.2) is 9.37 Å². The van der Waals surface area contributed by atoms with E-state index in [0.717, 1.165) is 31.5 Å². The summed E-state index contributed by atoms with van der Waals surface area (Å²) in [7, 11) is 0. The second-order valence-electron chi connectivity index (χ2n) is 5.66. The van der Waals surface area contributed by atoms with Gasteiger partial charge < -0.3 is 5.32 Å². The summed E-state index contributed by atoms with van der Waals surface area (Å²) < 4.78 is 53.0. The number of halogens is 4. The summed E-state index contributed by atoms with van der Waals surface area (Å²) in [5.41, 5.74) is -0.782. The normalized spacial score (nSPS) is 15.3. The molecule has 1 saturated carbocycles. The van der Waals surface area contributed by atoms with Crippen LogP contribution in [0.4, 0.5) is 23.2 Å². The molecule has 0 saturated heterocycles. The molecule has 3 rings (SSSR count). The third-order valence-electron chi connectivity index (χ3n) is 3.97. The van der Waals surface area contributed by atoms with E-state index < -0.39 is 17.7 Å². The van der Waals surface area contributed by atoms with Crippen LogP contribution in [0.3, 0.4) is 0 Å². The van der Waals surface area contributed by atoms with E-state index in [2.05, 4.69) is 15.3 Å². The summed E-state index contributed by atoms with van der Waals surface area (Å²) in [6.45, 7) is 0.506. The van der Waals surface area contributed by atoms with Gasteiger partial charge in [0.25, 0.3) is 0 Å². The monoisotopic (exact) mass is 325 g/mol. The standard InChI is InChI=1S/C16H15F4N3/c17-12-6-11(8-21-9-12)13-4-5-14(15(23-13)16(18,19)20)22-7-10-2-1-3-10/h4-6,8-10,22H,1-3,7H2. The van der Waals surface area contributed by atoms with Crippen molar-refractivity contribution >= 4 is 5.69 Å². The first kappa shape index (κ1) is 15.7. The fraction of sp³-hybridized carbons (Fsp3) is 0.375. The molecule has 3 nitrogen and oxygen atoms in total. The van der Waals surface area contributed by atoms with Gasteiger partial charge in [0.15, 0.2) is 5.69 Å². The topological polar surface area (TPSA) is 37.8 Å². The van der Waals surface area contributed by atoms with Crippen molar-refractivity contribution in [3.05, 3.63) is 42.1 Å². The molecule has 2 aromatic heterocycles. The average molecular weight is 325 g/mol. The van der Waals surface area contributed by atoms with Crippen molar-refractivity contribution in [1.82, 2.24) is 9.97 Å². The number of nitrogens with zero attached hydrogens (tertiary/aromatic N) is 2. The Kier molecular flexibility index (Phi) is 4.19. The zero-order chi connectivity index (χ0) is 16.4. The third-order valence-corrected chi connectivity index (χ3v) is 3.97. The molecular weight excluding hydrogens is 310 g/mol. The SMILES string of the molecule is Fc1cncc(-c2ccc(NCC3CCC3)c(C(F)(F)F)n2)c1. The van der Waals surface area contributed by atoms with Crippen LogP contribution in [-0.4, -0.2) is 16.5 Å². The maximum absolute atomic E-state index is 13.3. The fourth-order valence-corrected chi connectivity index (χ4v) is 2.48. The van der Waals surface area contributed by atoms with E-state index in [1.54, 1.807) is 0 Å². The van der Waals surface area contributed by atoms with E-state index in [1.807, 2.05) is 0 Å². The van der Waals surface area contributed by atoms with Crippen LogP contribution in [0.15, 0.2) is 30.6 Å². The summed E-state index contributed by atoms with van der Waals surface area (Å²) in [4.78, 5) is 7.32. The van der Waals surface area contributed by atoms with Crippen LogP contribution < -0.4 is 5.32 Å². The molecule has 0 bridgehead atoms. The summed E-state index contributed by atoms with van der Waals surface area (Å²) >= 11 is 0. The first-order valence-corrected chi connectivity index (χ1v) is 7.36. The first-order valence-electron chi connectivity index (χ1n) is 7.36. The van der Waals surface area contributed by atoms with Gasteiger partial charge in [-0.05, 0) is 37.0 Å². The van der Waals surface area contributed by atoms with Crippen LogP contribution in [0, 0.1) is 11.7 Å². The number of alkyl halides is 3. The maximum atomic E-state index is 13.3. The van der Waals surface area contributed by atoms with Crippen molar-refractivity contribution in [3.8, 4) is 11.3 Å². The molecule has 0 spiro atoms. The van der Waals surface area contributed by atoms with Crippen LogP contribution in [0.1, 0.15) is 25.0 Å². The molecular formula is C16H15F4N3. The van der Waals surface area contributed by atoms with Gasteiger partial charge in [0.2, 0.25) is 0 Å². The minimum atomic E-state index is -4.58. The lowest BCUT2D eigenvalue weighted by Gasteiger charge is -2.26. The molecule has 0 atom stereocenters. The molecule has 23 heavy (non-hydrogen) atoms. The van der Waals surface area contributed by atoms with Crippen LogP contribution in [-0.2, 0) is 6.18 Å². The van der Waals surface area contributed by atoms with Gasteiger partial charge in [-0.2, -0.15) is 13.2 Å². The van der Waals surface area contributed by atoms with E-state index in [4.69, 9.17) is 0 Å². The van der Waals surface area contributed by atoms with Crippen LogP contribution in [0.2, 0.25) is 0 Å². The molecule has 1 aliphatic carbocycles. The lowest BCUT2D eigenvalue weighted by molar-refractivity contribution is -0.140. The fourth-order valence-electron chi connectivity index (χ4n) is 2.48. The summed E-state index contributed by atoms with van der Waals surface area (Å²) in [5, 5.41) is 2.84. The van der Waals surface area contributed by atoms with E-state index in [1.165, 1.54) is 18.3 Å². The second kappa shape index (κ2) is 6.14. The number of anilines is 1. The molecule has 0 radical (unpaired) electrons. The van der Waals surface area contributed by atoms with Gasteiger partial charge >= 0.3 is 6.18 Å². The highest BCUT2D eigenvalue weighted by Gasteiger charge is 2.36. The van der Waals surface area contributed by atoms with Gasteiger partial charge in [0, 0.05) is 18.3 Å². The van der Waals surface area contributed by atoms with Gasteiger partial charge in [0.05, 0.1) is 17.6 Å². The van der Waals surface area contributed by atoms with Gasteiger partial charge in [0.1, 0.15) is 5.82 Å². The predicted molar refractivity (Wildman–Crippen MR) is 78.3 cm³/mol. The lowest BCUT2D eigenvalue weighted by Crippen LogP contribution is -2.23. The third kappa shape index (κ3) is 3.60. The zero-order valence-electron chi connectivity index (χ0n) is 12.2. The predicted octanol–water partition coefficient (Wildman–Crippen LogP) is 4.51.